The molecule has 2 aromatic carbocycles. The number of hydrogen-bond donors (Lipinski definition) is 3. The van der Waals surface area contributed by atoms with Crippen LogP contribution in [0.3, 0.4) is 0 Å². The van der Waals surface area contributed by atoms with Gasteiger partial charge in [-0.1, -0.05) is 24.1 Å². The molecule has 27 heavy (non-hydrogen) atoms. The largest absolute Gasteiger partial charge is 0.497 e. The minimum absolute atomic E-state index is 0.00698. The summed E-state index contributed by atoms with van der Waals surface area (Å²) in [5.41, 5.74) is 8.87. The number of amides is 2. The molecule has 144 valence electrons. The lowest BCUT2D eigenvalue weighted by molar-refractivity contribution is -0.116. The van der Waals surface area contributed by atoms with Crippen LogP contribution in [-0.2, 0) is 9.59 Å². The Hall–Kier alpha value is -3.02. The van der Waals surface area contributed by atoms with Gasteiger partial charge in [0.05, 0.1) is 18.5 Å². The van der Waals surface area contributed by atoms with Crippen LogP contribution in [0.2, 0.25) is 0 Å². The number of nitrogen functional groups attached to an aromatic ring is 1. The second kappa shape index (κ2) is 10.2. The maximum atomic E-state index is 12.0. The van der Waals surface area contributed by atoms with Crippen LogP contribution in [0.4, 0.5) is 17.1 Å². The van der Waals surface area contributed by atoms with E-state index in [4.69, 9.17) is 10.5 Å². The number of rotatable bonds is 9. The summed E-state index contributed by atoms with van der Waals surface area (Å²) < 4.78 is 5.13. The fourth-order valence-corrected chi connectivity index (χ4v) is 2.59. The Balaban J connectivity index is 1.64. The second-order valence-electron chi connectivity index (χ2n) is 6.48. The van der Waals surface area contributed by atoms with Gasteiger partial charge in [-0.3, -0.25) is 9.59 Å². The Morgan fingerprint density at radius 2 is 1.56 bits per heavy atom. The molecule has 0 radical (unpaired) electrons. The molecular formula is C21H27N3O3. The van der Waals surface area contributed by atoms with Gasteiger partial charge in [0.25, 0.3) is 0 Å². The number of nitrogens with two attached hydrogens (primary N) is 1. The van der Waals surface area contributed by atoms with Crippen LogP contribution < -0.4 is 21.1 Å². The number of nitrogens with one attached hydrogen (secondary N) is 2. The van der Waals surface area contributed by atoms with Gasteiger partial charge in [0.15, 0.2) is 0 Å². The van der Waals surface area contributed by atoms with Crippen molar-refractivity contribution >= 4 is 28.9 Å². The molecule has 0 heterocycles. The van der Waals surface area contributed by atoms with E-state index in [1.165, 1.54) is 0 Å². The Bertz CT molecular complexity index is 773. The molecule has 0 aliphatic carbocycles. The molecule has 2 aromatic rings. The summed E-state index contributed by atoms with van der Waals surface area (Å²) in [5, 5.41) is 5.67. The highest BCUT2D eigenvalue weighted by Gasteiger charge is 2.07. The van der Waals surface area contributed by atoms with Crippen LogP contribution in [-0.4, -0.2) is 18.9 Å². The Morgan fingerprint density at radius 3 is 2.19 bits per heavy atom. The zero-order chi connectivity index (χ0) is 19.6. The number of carbonyl (C=O) groups is 2. The van der Waals surface area contributed by atoms with Gasteiger partial charge >= 0.3 is 0 Å². The standard InChI is InChI=1S/C21H27N3O3/c1-15-8-10-16(11-9-15)23-20(25)6-4-3-5-7-21(26)24-19-14-17(27-2)12-13-18(19)22/h8-14H,3-7,22H2,1-2H3,(H,23,25)(H,24,26). The van der Waals surface area contributed by atoms with Crippen molar-refractivity contribution in [1.82, 2.24) is 0 Å². The molecule has 2 rings (SSSR count). The molecule has 0 saturated heterocycles. The molecule has 2 amide bonds. The van der Waals surface area contributed by atoms with E-state index in [0.717, 1.165) is 24.1 Å². The zero-order valence-corrected chi connectivity index (χ0v) is 15.9. The van der Waals surface area contributed by atoms with Crippen LogP contribution >= 0.6 is 0 Å². The lowest BCUT2D eigenvalue weighted by atomic mass is 10.1. The molecule has 0 bridgehead atoms. The summed E-state index contributed by atoms with van der Waals surface area (Å²) in [6, 6.07) is 12.8. The fraction of sp³-hybridized carbons (Fsp3) is 0.333. The van der Waals surface area contributed by atoms with E-state index < -0.39 is 0 Å². The smallest absolute Gasteiger partial charge is 0.224 e. The SMILES string of the molecule is COc1ccc(N)c(NC(=O)CCCCCC(=O)Nc2ccc(C)cc2)c1. The van der Waals surface area contributed by atoms with Crippen molar-refractivity contribution in [2.24, 2.45) is 0 Å². The van der Waals surface area contributed by atoms with Gasteiger partial charge in [0, 0.05) is 24.6 Å². The molecule has 0 aliphatic rings. The Kier molecular flexibility index (Phi) is 7.67. The number of hydrogen-bond acceptors (Lipinski definition) is 4. The first kappa shape index (κ1) is 20.3. The van der Waals surface area contributed by atoms with Crippen molar-refractivity contribution < 1.29 is 14.3 Å². The first-order chi connectivity index (χ1) is 13.0. The van der Waals surface area contributed by atoms with E-state index >= 15 is 0 Å². The van der Waals surface area contributed by atoms with E-state index in [1.54, 1.807) is 25.3 Å². The van der Waals surface area contributed by atoms with E-state index in [2.05, 4.69) is 10.6 Å². The fourth-order valence-electron chi connectivity index (χ4n) is 2.59. The predicted molar refractivity (Wildman–Crippen MR) is 109 cm³/mol. The number of unbranched alkanes of at least 4 members (excludes halogenated alkanes) is 2. The van der Waals surface area contributed by atoms with E-state index in [-0.39, 0.29) is 11.8 Å². The van der Waals surface area contributed by atoms with Crippen molar-refractivity contribution in [3.63, 3.8) is 0 Å². The number of aryl methyl sites for hydroxylation is 1. The van der Waals surface area contributed by atoms with Crippen LogP contribution in [0.15, 0.2) is 42.5 Å². The third-order valence-electron chi connectivity index (χ3n) is 4.18. The van der Waals surface area contributed by atoms with E-state index in [1.807, 2.05) is 31.2 Å². The highest BCUT2D eigenvalue weighted by Crippen LogP contribution is 2.24. The number of benzene rings is 2. The van der Waals surface area contributed by atoms with Gasteiger partial charge in [-0.2, -0.15) is 0 Å². The number of carbonyl (C=O) groups excluding carboxylic acids is 2. The highest BCUT2D eigenvalue weighted by atomic mass is 16.5. The lowest BCUT2D eigenvalue weighted by Crippen LogP contribution is -2.13. The van der Waals surface area contributed by atoms with Crippen LogP contribution in [0, 0.1) is 6.92 Å². The van der Waals surface area contributed by atoms with Gasteiger partial charge in [0.2, 0.25) is 11.8 Å². The molecule has 0 saturated carbocycles. The third kappa shape index (κ3) is 7.01. The molecule has 0 aliphatic heterocycles. The molecule has 6 nitrogen and oxygen atoms in total. The minimum atomic E-state index is -0.0981. The summed E-state index contributed by atoms with van der Waals surface area (Å²) in [5.74, 6) is 0.533. The molecule has 0 atom stereocenters. The normalized spacial score (nSPS) is 10.3. The Labute approximate surface area is 160 Å². The molecule has 0 fully saturated rings. The summed E-state index contributed by atoms with van der Waals surface area (Å²) in [7, 11) is 1.56. The van der Waals surface area contributed by atoms with Gasteiger partial charge in [-0.05, 0) is 44.0 Å². The summed E-state index contributed by atoms with van der Waals surface area (Å²) in [4.78, 5) is 24.0. The first-order valence-corrected chi connectivity index (χ1v) is 9.08. The van der Waals surface area contributed by atoms with Crippen LogP contribution in [0.1, 0.15) is 37.7 Å². The number of ether oxygens (including phenoxy) is 1. The highest BCUT2D eigenvalue weighted by molar-refractivity contribution is 5.94. The summed E-state index contributed by atoms with van der Waals surface area (Å²) in [6.07, 6.45) is 3.09. The van der Waals surface area contributed by atoms with Gasteiger partial charge < -0.3 is 21.1 Å². The maximum absolute atomic E-state index is 12.0. The van der Waals surface area contributed by atoms with Crippen LogP contribution in [0.25, 0.3) is 0 Å². The summed E-state index contributed by atoms with van der Waals surface area (Å²) in [6.45, 7) is 2.00. The predicted octanol–water partition coefficient (Wildman–Crippen LogP) is 4.11. The molecule has 0 spiro atoms. The average Bonchev–Trinajstić information content (AvgIpc) is 2.65. The van der Waals surface area contributed by atoms with Crippen molar-refractivity contribution in [3.8, 4) is 5.75 Å². The van der Waals surface area contributed by atoms with Gasteiger partial charge in [0.1, 0.15) is 5.75 Å². The number of methoxy groups -OCH3 is 1. The first-order valence-electron chi connectivity index (χ1n) is 9.08. The van der Waals surface area contributed by atoms with Crippen molar-refractivity contribution in [2.75, 3.05) is 23.5 Å². The zero-order valence-electron chi connectivity index (χ0n) is 15.9. The second-order valence-corrected chi connectivity index (χ2v) is 6.48. The van der Waals surface area contributed by atoms with Gasteiger partial charge in [-0.15, -0.1) is 0 Å². The quantitative estimate of drug-likeness (QED) is 0.458. The maximum Gasteiger partial charge on any atom is 0.224 e. The molecule has 0 aromatic heterocycles. The third-order valence-corrected chi connectivity index (χ3v) is 4.18. The number of anilines is 3. The van der Waals surface area contributed by atoms with E-state index in [9.17, 15) is 9.59 Å². The summed E-state index contributed by atoms with van der Waals surface area (Å²) >= 11 is 0. The monoisotopic (exact) mass is 369 g/mol. The molecule has 6 heteroatoms. The van der Waals surface area contributed by atoms with Crippen molar-refractivity contribution in [2.45, 2.75) is 39.0 Å². The lowest BCUT2D eigenvalue weighted by Gasteiger charge is -2.10. The van der Waals surface area contributed by atoms with E-state index in [0.29, 0.717) is 36.4 Å². The minimum Gasteiger partial charge on any atom is -0.497 e. The Morgan fingerprint density at radius 1 is 0.926 bits per heavy atom. The van der Waals surface area contributed by atoms with Crippen molar-refractivity contribution in [3.05, 3.63) is 48.0 Å². The van der Waals surface area contributed by atoms with Crippen molar-refractivity contribution in [1.29, 1.82) is 0 Å². The average molecular weight is 369 g/mol. The van der Waals surface area contributed by atoms with Gasteiger partial charge in [-0.25, -0.2) is 0 Å². The molecular weight excluding hydrogens is 342 g/mol. The molecule has 4 N–H and O–H groups in total. The topological polar surface area (TPSA) is 93.4 Å². The molecule has 0 unspecified atom stereocenters. The van der Waals surface area contributed by atoms with Crippen LogP contribution in [0.5, 0.6) is 5.75 Å².